The lowest BCUT2D eigenvalue weighted by atomic mass is 10.2. The molecule has 0 bridgehead atoms. The number of halogens is 1. The maximum Gasteiger partial charge on any atom is 0.241 e. The van der Waals surface area contributed by atoms with Gasteiger partial charge >= 0.3 is 0 Å². The van der Waals surface area contributed by atoms with E-state index in [2.05, 4.69) is 10.6 Å². The molecule has 1 fully saturated rings. The van der Waals surface area contributed by atoms with E-state index in [0.717, 1.165) is 0 Å². The van der Waals surface area contributed by atoms with Crippen molar-refractivity contribution in [3.05, 3.63) is 24.0 Å². The molecule has 0 saturated carbocycles. The molecule has 0 spiro atoms. The average molecular weight is 294 g/mol. The number of nitrogens with one attached hydrogen (secondary N) is 2. The molecule has 0 radical (unpaired) electrons. The van der Waals surface area contributed by atoms with Crippen LogP contribution in [0.25, 0.3) is 0 Å². The van der Waals surface area contributed by atoms with Gasteiger partial charge in [-0.15, -0.1) is 0 Å². The fraction of sp³-hybridized carbons (Fsp3) is 0.429. The zero-order valence-corrected chi connectivity index (χ0v) is 11.9. The van der Waals surface area contributed by atoms with E-state index in [0.29, 0.717) is 31.7 Å². The molecule has 1 aromatic carbocycles. The van der Waals surface area contributed by atoms with E-state index in [-0.39, 0.29) is 17.5 Å². The summed E-state index contributed by atoms with van der Waals surface area (Å²) in [7, 11) is 0. The monoisotopic (exact) mass is 294 g/mol. The second kappa shape index (κ2) is 6.53. The number of carbonyl (C=O) groups is 2. The Balaban J connectivity index is 2.02. The molecule has 21 heavy (non-hydrogen) atoms. The van der Waals surface area contributed by atoms with Gasteiger partial charge in [0.2, 0.25) is 11.8 Å². The van der Waals surface area contributed by atoms with Crippen LogP contribution in [0.5, 0.6) is 0 Å². The van der Waals surface area contributed by atoms with Gasteiger partial charge in [0.25, 0.3) is 0 Å². The third-order valence-electron chi connectivity index (χ3n) is 3.52. The molecule has 1 aliphatic rings. The van der Waals surface area contributed by atoms with E-state index in [1.54, 1.807) is 6.92 Å². The fourth-order valence-corrected chi connectivity index (χ4v) is 2.21. The van der Waals surface area contributed by atoms with Gasteiger partial charge in [0.1, 0.15) is 5.82 Å². The van der Waals surface area contributed by atoms with Gasteiger partial charge in [-0.1, -0.05) is 0 Å². The molecule has 4 N–H and O–H groups in total. The molecular weight excluding hydrogens is 275 g/mol. The van der Waals surface area contributed by atoms with E-state index in [1.165, 1.54) is 18.2 Å². The van der Waals surface area contributed by atoms with Crippen molar-refractivity contribution in [2.24, 2.45) is 0 Å². The summed E-state index contributed by atoms with van der Waals surface area (Å²) in [5.74, 6) is -0.877. The van der Waals surface area contributed by atoms with Gasteiger partial charge < -0.3 is 16.4 Å². The Bertz CT molecular complexity index is 550. The lowest BCUT2D eigenvalue weighted by Gasteiger charge is -2.26. The van der Waals surface area contributed by atoms with Crippen LogP contribution < -0.4 is 16.4 Å². The first kappa shape index (κ1) is 15.2. The normalized spacial score (nSPS) is 17.7. The van der Waals surface area contributed by atoms with E-state index in [9.17, 15) is 14.0 Å². The summed E-state index contributed by atoms with van der Waals surface area (Å²) >= 11 is 0. The van der Waals surface area contributed by atoms with Crippen LogP contribution in [0, 0.1) is 5.82 Å². The van der Waals surface area contributed by atoms with Crippen molar-refractivity contribution in [1.82, 2.24) is 10.2 Å². The van der Waals surface area contributed by atoms with Crippen molar-refractivity contribution in [1.29, 1.82) is 0 Å². The molecule has 114 valence electrons. The van der Waals surface area contributed by atoms with Crippen LogP contribution in [0.2, 0.25) is 0 Å². The Morgan fingerprint density at radius 3 is 3.00 bits per heavy atom. The van der Waals surface area contributed by atoms with E-state index in [1.807, 2.05) is 4.90 Å². The standard InChI is InChI=1S/C14H19FN4O2/c1-9(19-6-4-13(20)17-5-7-19)14(21)18-12-8-10(16)2-3-11(12)15/h2-3,8-9H,4-7,16H2,1H3,(H,17,20)(H,18,21). The Morgan fingerprint density at radius 1 is 1.48 bits per heavy atom. The molecule has 2 rings (SSSR count). The highest BCUT2D eigenvalue weighted by Crippen LogP contribution is 2.18. The van der Waals surface area contributed by atoms with Crippen molar-refractivity contribution in [3.8, 4) is 0 Å². The summed E-state index contributed by atoms with van der Waals surface area (Å²) in [6, 6.07) is 3.57. The first-order valence-electron chi connectivity index (χ1n) is 6.84. The number of nitrogens with two attached hydrogens (primary N) is 1. The number of carbonyl (C=O) groups excluding carboxylic acids is 2. The van der Waals surface area contributed by atoms with Crippen molar-refractivity contribution in [3.63, 3.8) is 0 Å². The second-order valence-corrected chi connectivity index (χ2v) is 5.04. The summed E-state index contributed by atoms with van der Waals surface area (Å²) in [5, 5.41) is 5.28. The van der Waals surface area contributed by atoms with Crippen LogP contribution in [0.4, 0.5) is 15.8 Å². The number of nitrogens with zero attached hydrogens (tertiary/aromatic N) is 1. The van der Waals surface area contributed by atoms with E-state index >= 15 is 0 Å². The lowest BCUT2D eigenvalue weighted by Crippen LogP contribution is -2.43. The average Bonchev–Trinajstić information content (AvgIpc) is 2.67. The van der Waals surface area contributed by atoms with Crippen molar-refractivity contribution in [2.45, 2.75) is 19.4 Å². The van der Waals surface area contributed by atoms with Crippen molar-refractivity contribution < 1.29 is 14.0 Å². The number of rotatable bonds is 3. The van der Waals surface area contributed by atoms with Gasteiger partial charge in [-0.05, 0) is 25.1 Å². The summed E-state index contributed by atoms with van der Waals surface area (Å²) < 4.78 is 13.6. The van der Waals surface area contributed by atoms with Crippen molar-refractivity contribution >= 4 is 23.2 Å². The number of hydrogen-bond acceptors (Lipinski definition) is 4. The summed E-state index contributed by atoms with van der Waals surface area (Å²) in [6.07, 6.45) is 0.351. The fourth-order valence-electron chi connectivity index (χ4n) is 2.21. The number of nitrogen functional groups attached to an aromatic ring is 1. The maximum absolute atomic E-state index is 13.6. The van der Waals surface area contributed by atoms with Crippen LogP contribution in [-0.2, 0) is 9.59 Å². The predicted molar refractivity (Wildman–Crippen MR) is 78.1 cm³/mol. The Labute approximate surface area is 122 Å². The third kappa shape index (κ3) is 3.91. The SMILES string of the molecule is CC(C(=O)Nc1cc(N)ccc1F)N1CCNC(=O)CC1. The highest BCUT2D eigenvalue weighted by atomic mass is 19.1. The van der Waals surface area contributed by atoms with Crippen LogP contribution in [0.1, 0.15) is 13.3 Å². The quantitative estimate of drug-likeness (QED) is 0.711. The summed E-state index contributed by atoms with van der Waals surface area (Å²) in [4.78, 5) is 25.4. The molecule has 0 aromatic heterocycles. The largest absolute Gasteiger partial charge is 0.399 e. The number of hydrogen-bond donors (Lipinski definition) is 3. The first-order chi connectivity index (χ1) is 9.97. The minimum atomic E-state index is -0.530. The highest BCUT2D eigenvalue weighted by molar-refractivity contribution is 5.95. The Morgan fingerprint density at radius 2 is 2.24 bits per heavy atom. The predicted octanol–water partition coefficient (Wildman–Crippen LogP) is 0.557. The maximum atomic E-state index is 13.6. The molecule has 1 aliphatic heterocycles. The second-order valence-electron chi connectivity index (χ2n) is 5.04. The Hall–Kier alpha value is -2.15. The van der Waals surface area contributed by atoms with Crippen LogP contribution in [0.15, 0.2) is 18.2 Å². The minimum absolute atomic E-state index is 0.0213. The van der Waals surface area contributed by atoms with Crippen LogP contribution in [0.3, 0.4) is 0 Å². The zero-order chi connectivity index (χ0) is 15.4. The third-order valence-corrected chi connectivity index (χ3v) is 3.52. The smallest absolute Gasteiger partial charge is 0.241 e. The molecule has 1 aromatic rings. The van der Waals surface area contributed by atoms with E-state index in [4.69, 9.17) is 5.73 Å². The highest BCUT2D eigenvalue weighted by Gasteiger charge is 2.24. The molecule has 6 nitrogen and oxygen atoms in total. The number of amides is 2. The molecule has 1 heterocycles. The zero-order valence-electron chi connectivity index (χ0n) is 11.9. The van der Waals surface area contributed by atoms with Gasteiger partial charge in [0.15, 0.2) is 0 Å². The van der Waals surface area contributed by atoms with Gasteiger partial charge in [-0.2, -0.15) is 0 Å². The molecule has 1 atom stereocenters. The number of benzene rings is 1. The summed E-state index contributed by atoms with van der Waals surface area (Å²) in [5.41, 5.74) is 6.03. The summed E-state index contributed by atoms with van der Waals surface area (Å²) in [6.45, 7) is 3.32. The molecular formula is C14H19FN4O2. The molecule has 7 heteroatoms. The number of anilines is 2. The minimum Gasteiger partial charge on any atom is -0.399 e. The Kier molecular flexibility index (Phi) is 4.74. The van der Waals surface area contributed by atoms with Crippen LogP contribution >= 0.6 is 0 Å². The molecule has 2 amide bonds. The molecule has 1 saturated heterocycles. The lowest BCUT2D eigenvalue weighted by molar-refractivity contribution is -0.122. The van der Waals surface area contributed by atoms with Gasteiger partial charge in [-0.25, -0.2) is 4.39 Å². The van der Waals surface area contributed by atoms with Gasteiger partial charge in [-0.3, -0.25) is 14.5 Å². The van der Waals surface area contributed by atoms with Gasteiger partial charge in [0.05, 0.1) is 11.7 Å². The van der Waals surface area contributed by atoms with Crippen LogP contribution in [-0.4, -0.2) is 42.4 Å². The van der Waals surface area contributed by atoms with Crippen molar-refractivity contribution in [2.75, 3.05) is 30.7 Å². The molecule has 1 unspecified atom stereocenters. The molecule has 0 aliphatic carbocycles. The van der Waals surface area contributed by atoms with Gasteiger partial charge in [0, 0.05) is 31.7 Å². The first-order valence-corrected chi connectivity index (χ1v) is 6.84. The topological polar surface area (TPSA) is 87.5 Å². The van der Waals surface area contributed by atoms with E-state index < -0.39 is 11.9 Å².